The Morgan fingerprint density at radius 1 is 1.13 bits per heavy atom. The molecule has 0 amide bonds. The van der Waals surface area contributed by atoms with E-state index < -0.39 is 5.97 Å². The lowest BCUT2D eigenvalue weighted by atomic mass is 9.90. The molecular formula is C24H27N3O4. The van der Waals surface area contributed by atoms with Crippen molar-refractivity contribution < 1.29 is 19.4 Å². The van der Waals surface area contributed by atoms with E-state index in [-0.39, 0.29) is 30.1 Å². The number of ketones is 1. The van der Waals surface area contributed by atoms with Gasteiger partial charge in [-0.3, -0.25) is 14.5 Å². The van der Waals surface area contributed by atoms with Crippen molar-refractivity contribution in [1.29, 1.82) is 0 Å². The number of hydrogen-bond donors (Lipinski definition) is 1. The Hall–Kier alpha value is -3.19. The molecule has 1 unspecified atom stereocenters. The molecule has 7 heteroatoms. The normalized spacial score (nSPS) is 16.3. The van der Waals surface area contributed by atoms with Crippen molar-refractivity contribution >= 4 is 22.8 Å². The van der Waals surface area contributed by atoms with Crippen molar-refractivity contribution in [2.45, 2.75) is 32.4 Å². The molecule has 0 aliphatic carbocycles. The van der Waals surface area contributed by atoms with Crippen LogP contribution >= 0.6 is 0 Å². The van der Waals surface area contributed by atoms with E-state index in [1.165, 1.54) is 10.1 Å². The molecule has 1 atom stereocenters. The number of nitrogens with zero attached hydrogens (tertiary/aromatic N) is 3. The number of piperidine rings is 1. The summed E-state index contributed by atoms with van der Waals surface area (Å²) in [6, 6.07) is 15.6. The van der Waals surface area contributed by atoms with Crippen LogP contribution in [0.2, 0.25) is 0 Å². The fourth-order valence-corrected chi connectivity index (χ4v) is 4.38. The molecular weight excluding hydrogens is 394 g/mol. The fraction of sp³-hybridized carbons (Fsp3) is 0.375. The van der Waals surface area contributed by atoms with E-state index in [2.05, 4.69) is 28.9 Å². The minimum absolute atomic E-state index is 0.0609. The number of hydrogen-bond acceptors (Lipinski definition) is 5. The SMILES string of the molecule is COc1ccc(C(C)N2CCC(C(=O)c3nc4ccccc4n3CC(=O)O)CC2)cc1. The molecule has 0 bridgehead atoms. The Morgan fingerprint density at radius 2 is 1.81 bits per heavy atom. The van der Waals surface area contributed by atoms with E-state index in [0.717, 1.165) is 31.7 Å². The van der Waals surface area contributed by atoms with Gasteiger partial charge in [0.2, 0.25) is 5.78 Å². The van der Waals surface area contributed by atoms with Gasteiger partial charge in [0.1, 0.15) is 12.3 Å². The maximum Gasteiger partial charge on any atom is 0.323 e. The Bertz CT molecular complexity index is 1080. The van der Waals surface area contributed by atoms with E-state index in [1.807, 2.05) is 30.3 Å². The van der Waals surface area contributed by atoms with Crippen LogP contribution in [0.15, 0.2) is 48.5 Å². The first kappa shape index (κ1) is 21.1. The van der Waals surface area contributed by atoms with Gasteiger partial charge in [-0.05, 0) is 62.7 Å². The minimum Gasteiger partial charge on any atom is -0.497 e. The second-order valence-electron chi connectivity index (χ2n) is 8.03. The fourth-order valence-electron chi connectivity index (χ4n) is 4.38. The lowest BCUT2D eigenvalue weighted by molar-refractivity contribution is -0.137. The Kier molecular flexibility index (Phi) is 6.04. The van der Waals surface area contributed by atoms with E-state index >= 15 is 0 Å². The number of carboxylic acid groups (broad SMARTS) is 1. The number of ether oxygens (including phenoxy) is 1. The van der Waals surface area contributed by atoms with Gasteiger partial charge in [0, 0.05) is 12.0 Å². The van der Waals surface area contributed by atoms with Gasteiger partial charge in [0.25, 0.3) is 0 Å². The number of rotatable bonds is 7. The highest BCUT2D eigenvalue weighted by Crippen LogP contribution is 2.30. The summed E-state index contributed by atoms with van der Waals surface area (Å²) in [7, 11) is 1.66. The number of Topliss-reactive ketones (excluding diaryl/α,β-unsaturated/α-hetero) is 1. The van der Waals surface area contributed by atoms with Gasteiger partial charge in [-0.15, -0.1) is 0 Å². The molecule has 4 rings (SSSR count). The standard InChI is InChI=1S/C24H27N3O4/c1-16(17-7-9-19(31-2)10-8-17)26-13-11-18(12-14-26)23(30)24-25-20-5-3-4-6-21(20)27(24)15-22(28)29/h3-10,16,18H,11-15H2,1-2H3,(H,28,29). The van der Waals surface area contributed by atoms with Crippen LogP contribution < -0.4 is 4.74 Å². The molecule has 7 nitrogen and oxygen atoms in total. The second-order valence-corrected chi connectivity index (χ2v) is 8.03. The summed E-state index contributed by atoms with van der Waals surface area (Å²) in [4.78, 5) is 31.5. The summed E-state index contributed by atoms with van der Waals surface area (Å²) in [6.45, 7) is 3.52. The molecule has 1 aromatic heterocycles. The number of aliphatic carboxylic acids is 1. The maximum atomic E-state index is 13.3. The van der Waals surface area contributed by atoms with Crippen molar-refractivity contribution in [2.24, 2.45) is 5.92 Å². The molecule has 2 heterocycles. The van der Waals surface area contributed by atoms with E-state index in [4.69, 9.17) is 4.74 Å². The lowest BCUT2D eigenvalue weighted by Crippen LogP contribution is -2.38. The van der Waals surface area contributed by atoms with E-state index in [9.17, 15) is 14.7 Å². The van der Waals surface area contributed by atoms with Crippen LogP contribution in [0.1, 0.15) is 42.0 Å². The van der Waals surface area contributed by atoms with Gasteiger partial charge >= 0.3 is 5.97 Å². The number of para-hydroxylation sites is 2. The quantitative estimate of drug-likeness (QED) is 0.585. The van der Waals surface area contributed by atoms with Crippen LogP contribution in [0.5, 0.6) is 5.75 Å². The summed E-state index contributed by atoms with van der Waals surface area (Å²) in [5.41, 5.74) is 2.55. The van der Waals surface area contributed by atoms with Crippen LogP contribution in [-0.2, 0) is 11.3 Å². The van der Waals surface area contributed by atoms with Crippen LogP contribution in [0.4, 0.5) is 0 Å². The number of carbonyl (C=O) groups is 2. The van der Waals surface area contributed by atoms with Crippen LogP contribution in [0, 0.1) is 5.92 Å². The molecule has 1 N–H and O–H groups in total. The van der Waals surface area contributed by atoms with Crippen LogP contribution in [-0.4, -0.2) is 51.5 Å². The van der Waals surface area contributed by atoms with Gasteiger partial charge in [-0.1, -0.05) is 24.3 Å². The van der Waals surface area contributed by atoms with Gasteiger partial charge < -0.3 is 14.4 Å². The number of carbonyl (C=O) groups excluding carboxylic acids is 1. The summed E-state index contributed by atoms with van der Waals surface area (Å²) in [6.07, 6.45) is 1.46. The maximum absolute atomic E-state index is 13.3. The van der Waals surface area contributed by atoms with Crippen molar-refractivity contribution in [2.75, 3.05) is 20.2 Å². The predicted octanol–water partition coefficient (Wildman–Crippen LogP) is 3.79. The number of carboxylic acids is 1. The number of methoxy groups -OCH3 is 1. The zero-order valence-corrected chi connectivity index (χ0v) is 17.8. The van der Waals surface area contributed by atoms with Crippen molar-refractivity contribution in [3.8, 4) is 5.75 Å². The number of aromatic nitrogens is 2. The van der Waals surface area contributed by atoms with E-state index in [1.54, 1.807) is 13.2 Å². The minimum atomic E-state index is -0.986. The zero-order chi connectivity index (χ0) is 22.0. The average Bonchev–Trinajstić information content (AvgIpc) is 3.16. The molecule has 0 saturated carbocycles. The first-order chi connectivity index (χ1) is 15.0. The third kappa shape index (κ3) is 4.32. The molecule has 1 aliphatic heterocycles. The monoisotopic (exact) mass is 421 g/mol. The second kappa shape index (κ2) is 8.89. The first-order valence-electron chi connectivity index (χ1n) is 10.6. The Balaban J connectivity index is 1.47. The van der Waals surface area contributed by atoms with Crippen LogP contribution in [0.25, 0.3) is 11.0 Å². The Morgan fingerprint density at radius 3 is 2.45 bits per heavy atom. The topological polar surface area (TPSA) is 84.7 Å². The van der Waals surface area contributed by atoms with Gasteiger partial charge in [-0.2, -0.15) is 0 Å². The molecule has 162 valence electrons. The lowest BCUT2D eigenvalue weighted by Gasteiger charge is -2.35. The molecule has 0 radical (unpaired) electrons. The summed E-state index contributed by atoms with van der Waals surface area (Å²) in [5.74, 6) is -0.104. The third-order valence-electron chi connectivity index (χ3n) is 6.21. The molecule has 3 aromatic rings. The highest BCUT2D eigenvalue weighted by molar-refractivity contribution is 5.98. The van der Waals surface area contributed by atoms with Crippen molar-refractivity contribution in [1.82, 2.24) is 14.5 Å². The van der Waals surface area contributed by atoms with Crippen molar-refractivity contribution in [3.05, 3.63) is 59.9 Å². The third-order valence-corrected chi connectivity index (χ3v) is 6.21. The van der Waals surface area contributed by atoms with Gasteiger partial charge in [0.15, 0.2) is 5.82 Å². The molecule has 1 saturated heterocycles. The number of imidazole rings is 1. The van der Waals surface area contributed by atoms with Crippen LogP contribution in [0.3, 0.4) is 0 Å². The highest BCUT2D eigenvalue weighted by atomic mass is 16.5. The summed E-state index contributed by atoms with van der Waals surface area (Å²) < 4.78 is 6.77. The summed E-state index contributed by atoms with van der Waals surface area (Å²) in [5, 5.41) is 9.32. The molecule has 1 aliphatic rings. The average molecular weight is 421 g/mol. The number of fused-ring (bicyclic) bond motifs is 1. The molecule has 1 fully saturated rings. The number of likely N-dealkylation sites (tertiary alicyclic amines) is 1. The van der Waals surface area contributed by atoms with Gasteiger partial charge in [0.05, 0.1) is 18.1 Å². The van der Waals surface area contributed by atoms with Gasteiger partial charge in [-0.25, -0.2) is 4.98 Å². The number of benzene rings is 2. The smallest absolute Gasteiger partial charge is 0.323 e. The predicted molar refractivity (Wildman–Crippen MR) is 117 cm³/mol. The largest absolute Gasteiger partial charge is 0.497 e. The Labute approximate surface area is 181 Å². The van der Waals surface area contributed by atoms with Crippen molar-refractivity contribution in [3.63, 3.8) is 0 Å². The molecule has 31 heavy (non-hydrogen) atoms. The van der Waals surface area contributed by atoms with E-state index in [0.29, 0.717) is 11.0 Å². The zero-order valence-electron chi connectivity index (χ0n) is 17.8. The molecule has 0 spiro atoms. The first-order valence-corrected chi connectivity index (χ1v) is 10.6. The molecule has 2 aromatic carbocycles. The highest BCUT2D eigenvalue weighted by Gasteiger charge is 2.31. The summed E-state index contributed by atoms with van der Waals surface area (Å²) >= 11 is 0.